The number of hydrogen-bond donors (Lipinski definition) is 1. The van der Waals surface area contributed by atoms with Gasteiger partial charge in [0.05, 0.1) is 27.9 Å². The van der Waals surface area contributed by atoms with E-state index in [4.69, 9.17) is 21.1 Å². The number of halogens is 2. The Bertz CT molecular complexity index is 1410. The van der Waals surface area contributed by atoms with Crippen LogP contribution in [-0.2, 0) is 6.61 Å². The van der Waals surface area contributed by atoms with Crippen molar-refractivity contribution in [2.75, 3.05) is 12.4 Å². The van der Waals surface area contributed by atoms with E-state index in [0.29, 0.717) is 40.5 Å². The molecule has 2 aromatic heterocycles. The van der Waals surface area contributed by atoms with E-state index < -0.39 is 5.82 Å². The van der Waals surface area contributed by atoms with Crippen molar-refractivity contribution in [1.29, 1.82) is 0 Å². The smallest absolute Gasteiger partial charge is 0.162 e. The second-order valence-corrected chi connectivity index (χ2v) is 8.38. The lowest BCUT2D eigenvalue weighted by Crippen LogP contribution is -2.00. The zero-order valence-corrected chi connectivity index (χ0v) is 18.4. The van der Waals surface area contributed by atoms with Gasteiger partial charge in [-0.2, -0.15) is 0 Å². The largest absolute Gasteiger partial charge is 0.493 e. The number of benzene rings is 3. The Morgan fingerprint density at radius 1 is 1.03 bits per heavy atom. The lowest BCUT2D eigenvalue weighted by molar-refractivity contribution is 0.285. The van der Waals surface area contributed by atoms with Crippen LogP contribution < -0.4 is 14.8 Å². The summed E-state index contributed by atoms with van der Waals surface area (Å²) in [6.07, 6.45) is 1.44. The standard InChI is InChI=1S/C23H16ClFN4O2S/c1-30-19-10-18-14(23(27-12-26-18)28-13-6-7-16(25)15(24)8-13)9-20(19)31-11-22-29-17-4-2-3-5-21(17)32-22/h2-10,12H,11H2,1H3,(H,26,27,28). The summed E-state index contributed by atoms with van der Waals surface area (Å²) in [6.45, 7) is 0.297. The molecule has 0 aliphatic carbocycles. The highest BCUT2D eigenvalue weighted by molar-refractivity contribution is 7.18. The average molecular weight is 467 g/mol. The molecule has 0 amide bonds. The zero-order chi connectivity index (χ0) is 22.1. The third-order valence-electron chi connectivity index (χ3n) is 4.79. The van der Waals surface area contributed by atoms with Crippen LogP contribution in [0.1, 0.15) is 5.01 Å². The maximum absolute atomic E-state index is 13.5. The van der Waals surface area contributed by atoms with Crippen molar-refractivity contribution in [2.45, 2.75) is 6.61 Å². The second-order valence-electron chi connectivity index (χ2n) is 6.86. The summed E-state index contributed by atoms with van der Waals surface area (Å²) < 4.78 is 26.2. The molecule has 5 rings (SSSR count). The summed E-state index contributed by atoms with van der Waals surface area (Å²) in [5.41, 5.74) is 2.21. The van der Waals surface area contributed by atoms with Gasteiger partial charge in [-0.25, -0.2) is 19.3 Å². The highest BCUT2D eigenvalue weighted by atomic mass is 35.5. The molecule has 0 radical (unpaired) electrons. The van der Waals surface area contributed by atoms with Gasteiger partial charge in [0.2, 0.25) is 0 Å². The quantitative estimate of drug-likeness (QED) is 0.314. The lowest BCUT2D eigenvalue weighted by Gasteiger charge is -2.13. The molecule has 32 heavy (non-hydrogen) atoms. The number of fused-ring (bicyclic) bond motifs is 2. The van der Waals surface area contributed by atoms with Crippen molar-refractivity contribution in [1.82, 2.24) is 15.0 Å². The molecule has 3 aromatic carbocycles. The molecule has 9 heteroatoms. The topological polar surface area (TPSA) is 69.2 Å². The molecule has 0 aliphatic rings. The maximum Gasteiger partial charge on any atom is 0.162 e. The highest BCUT2D eigenvalue weighted by Gasteiger charge is 2.14. The molecular formula is C23H16ClFN4O2S. The van der Waals surface area contributed by atoms with Crippen LogP contribution in [0, 0.1) is 5.82 Å². The van der Waals surface area contributed by atoms with Crippen molar-refractivity contribution in [3.63, 3.8) is 0 Å². The number of hydrogen-bond acceptors (Lipinski definition) is 7. The average Bonchev–Trinajstić information content (AvgIpc) is 3.23. The number of methoxy groups -OCH3 is 1. The Labute approximate surface area is 191 Å². The first-order valence-electron chi connectivity index (χ1n) is 9.63. The van der Waals surface area contributed by atoms with Crippen molar-refractivity contribution in [2.24, 2.45) is 0 Å². The summed E-state index contributed by atoms with van der Waals surface area (Å²) in [7, 11) is 1.58. The van der Waals surface area contributed by atoms with E-state index in [1.54, 1.807) is 30.6 Å². The minimum atomic E-state index is -0.486. The number of rotatable bonds is 6. The predicted molar refractivity (Wildman–Crippen MR) is 125 cm³/mol. The molecule has 2 heterocycles. The van der Waals surface area contributed by atoms with Crippen LogP contribution in [0.5, 0.6) is 11.5 Å². The molecule has 0 fully saturated rings. The van der Waals surface area contributed by atoms with E-state index in [1.807, 2.05) is 30.3 Å². The van der Waals surface area contributed by atoms with Crippen LogP contribution >= 0.6 is 22.9 Å². The number of ether oxygens (including phenoxy) is 2. The Hall–Kier alpha value is -3.49. The molecule has 5 aromatic rings. The van der Waals surface area contributed by atoms with E-state index in [1.165, 1.54) is 18.5 Å². The van der Waals surface area contributed by atoms with Crippen LogP contribution in [0.15, 0.2) is 60.9 Å². The Morgan fingerprint density at radius 3 is 2.72 bits per heavy atom. The summed E-state index contributed by atoms with van der Waals surface area (Å²) >= 11 is 7.49. The van der Waals surface area contributed by atoms with Gasteiger partial charge in [0.25, 0.3) is 0 Å². The fourth-order valence-electron chi connectivity index (χ4n) is 3.27. The first kappa shape index (κ1) is 20.4. The van der Waals surface area contributed by atoms with Crippen LogP contribution in [0.25, 0.3) is 21.1 Å². The van der Waals surface area contributed by atoms with Gasteiger partial charge >= 0.3 is 0 Å². The number of anilines is 2. The minimum absolute atomic E-state index is 0.0230. The van der Waals surface area contributed by atoms with Gasteiger partial charge in [-0.3, -0.25) is 0 Å². The van der Waals surface area contributed by atoms with Crippen LogP contribution in [0.4, 0.5) is 15.9 Å². The van der Waals surface area contributed by atoms with Crippen LogP contribution in [-0.4, -0.2) is 22.1 Å². The summed E-state index contributed by atoms with van der Waals surface area (Å²) in [5, 5.41) is 4.76. The lowest BCUT2D eigenvalue weighted by atomic mass is 10.2. The molecule has 0 bridgehead atoms. The van der Waals surface area contributed by atoms with Gasteiger partial charge in [0.15, 0.2) is 11.5 Å². The maximum atomic E-state index is 13.5. The predicted octanol–water partition coefficient (Wildman–Crippen LogP) is 6.36. The number of nitrogens with one attached hydrogen (secondary N) is 1. The van der Waals surface area contributed by atoms with Gasteiger partial charge in [-0.1, -0.05) is 23.7 Å². The summed E-state index contributed by atoms with van der Waals surface area (Å²) in [6, 6.07) is 15.9. The van der Waals surface area contributed by atoms with E-state index in [2.05, 4.69) is 20.3 Å². The van der Waals surface area contributed by atoms with Crippen LogP contribution in [0.3, 0.4) is 0 Å². The van der Waals surface area contributed by atoms with Crippen molar-refractivity contribution in [3.8, 4) is 11.5 Å². The normalized spacial score (nSPS) is 11.1. The van der Waals surface area contributed by atoms with Crippen molar-refractivity contribution < 1.29 is 13.9 Å². The number of nitrogens with zero attached hydrogens (tertiary/aromatic N) is 3. The van der Waals surface area contributed by atoms with E-state index in [0.717, 1.165) is 15.2 Å². The molecule has 0 saturated heterocycles. The number of aromatic nitrogens is 3. The third-order valence-corrected chi connectivity index (χ3v) is 6.09. The Morgan fingerprint density at radius 2 is 1.91 bits per heavy atom. The first-order chi connectivity index (χ1) is 15.6. The third kappa shape index (κ3) is 4.02. The minimum Gasteiger partial charge on any atom is -0.493 e. The molecular weight excluding hydrogens is 451 g/mol. The van der Waals surface area contributed by atoms with Gasteiger partial charge in [-0.05, 0) is 36.4 Å². The number of para-hydroxylation sites is 1. The van der Waals surface area contributed by atoms with E-state index in [9.17, 15) is 4.39 Å². The Balaban J connectivity index is 1.47. The fourth-order valence-corrected chi connectivity index (χ4v) is 4.33. The molecule has 6 nitrogen and oxygen atoms in total. The van der Waals surface area contributed by atoms with Crippen molar-refractivity contribution in [3.05, 3.63) is 76.8 Å². The zero-order valence-electron chi connectivity index (χ0n) is 16.8. The van der Waals surface area contributed by atoms with Crippen LogP contribution in [0.2, 0.25) is 5.02 Å². The van der Waals surface area contributed by atoms with E-state index in [-0.39, 0.29) is 5.02 Å². The van der Waals surface area contributed by atoms with Crippen molar-refractivity contribution >= 4 is 55.6 Å². The van der Waals surface area contributed by atoms with E-state index >= 15 is 0 Å². The second kappa shape index (κ2) is 8.57. The van der Waals surface area contributed by atoms with Gasteiger partial charge in [-0.15, -0.1) is 11.3 Å². The molecule has 0 unspecified atom stereocenters. The summed E-state index contributed by atoms with van der Waals surface area (Å²) in [4.78, 5) is 13.3. The molecule has 1 N–H and O–H groups in total. The summed E-state index contributed by atoms with van der Waals surface area (Å²) in [5.74, 6) is 1.13. The molecule has 0 atom stereocenters. The fraction of sp³-hybridized carbons (Fsp3) is 0.0870. The molecule has 0 aliphatic heterocycles. The first-order valence-corrected chi connectivity index (χ1v) is 10.8. The molecule has 160 valence electrons. The highest BCUT2D eigenvalue weighted by Crippen LogP contribution is 2.36. The van der Waals surface area contributed by atoms with Gasteiger partial charge in [0, 0.05) is 17.1 Å². The monoisotopic (exact) mass is 466 g/mol. The SMILES string of the molecule is COc1cc2ncnc(Nc3ccc(F)c(Cl)c3)c2cc1OCc1nc2ccccc2s1. The van der Waals surface area contributed by atoms with Gasteiger partial charge in [0.1, 0.15) is 29.6 Å². The Kier molecular flexibility index (Phi) is 5.46. The number of thiazole rings is 1. The molecule has 0 saturated carbocycles. The van der Waals surface area contributed by atoms with Gasteiger partial charge < -0.3 is 14.8 Å². The molecule has 0 spiro atoms.